The average Bonchev–Trinajstić information content (AvgIpc) is 3.19. The molecule has 0 saturated heterocycles. The van der Waals surface area contributed by atoms with Crippen LogP contribution < -0.4 is 15.4 Å². The summed E-state index contributed by atoms with van der Waals surface area (Å²) in [6.45, 7) is 5.49. The quantitative estimate of drug-likeness (QED) is 0.650. The number of carbonyl (C=O) groups excluding carboxylic acids is 1. The second-order valence-corrected chi connectivity index (χ2v) is 8.19. The molecule has 1 amide bonds. The summed E-state index contributed by atoms with van der Waals surface area (Å²) < 4.78 is 5.52. The lowest BCUT2D eigenvalue weighted by Gasteiger charge is -2.39. The van der Waals surface area contributed by atoms with Gasteiger partial charge in [-0.2, -0.15) is 0 Å². The van der Waals surface area contributed by atoms with E-state index in [1.165, 1.54) is 0 Å². The Morgan fingerprint density at radius 1 is 1.24 bits per heavy atom. The average molecular weight is 408 g/mol. The van der Waals surface area contributed by atoms with Crippen molar-refractivity contribution in [2.24, 2.45) is 5.73 Å². The molecule has 0 bridgehead atoms. The molecule has 6 heteroatoms. The first-order valence-corrected chi connectivity index (χ1v) is 10.8. The van der Waals surface area contributed by atoms with Gasteiger partial charge in [-0.1, -0.05) is 18.2 Å². The highest BCUT2D eigenvalue weighted by Gasteiger charge is 2.33. The van der Waals surface area contributed by atoms with E-state index >= 15 is 0 Å². The first-order valence-electron chi connectivity index (χ1n) is 9.89. The zero-order valence-corrected chi connectivity index (χ0v) is 17.5. The van der Waals surface area contributed by atoms with Gasteiger partial charge in [-0.05, 0) is 56.2 Å². The van der Waals surface area contributed by atoms with Gasteiger partial charge in [0.05, 0.1) is 24.8 Å². The predicted molar refractivity (Wildman–Crippen MR) is 117 cm³/mol. The Bertz CT molecular complexity index is 999. The summed E-state index contributed by atoms with van der Waals surface area (Å²) in [4.78, 5) is 19.1. The molecule has 1 aliphatic rings. The van der Waals surface area contributed by atoms with Gasteiger partial charge < -0.3 is 15.4 Å². The Morgan fingerprint density at radius 3 is 2.72 bits per heavy atom. The van der Waals surface area contributed by atoms with Gasteiger partial charge in [-0.15, -0.1) is 11.3 Å². The van der Waals surface area contributed by atoms with Crippen molar-refractivity contribution in [1.82, 2.24) is 4.98 Å². The van der Waals surface area contributed by atoms with E-state index in [-0.39, 0.29) is 17.9 Å². The monoisotopic (exact) mass is 407 g/mol. The maximum absolute atomic E-state index is 11.9. The van der Waals surface area contributed by atoms with Gasteiger partial charge in [0.1, 0.15) is 10.8 Å². The standard InChI is InChI=1S/C23H25N3O2S/c1-3-28-18-10-8-16(9-11-18)23-25-17(14-29-23)13-26-15(2)12-20(22(24)27)19-6-4-5-7-21(19)26/h4-11,14-15,20H,3,12-13H2,1-2H3,(H2,24,27)/t15-,20-/m0/s1. The van der Waals surface area contributed by atoms with Crippen LogP contribution in [0.25, 0.3) is 10.6 Å². The minimum absolute atomic E-state index is 0.207. The number of fused-ring (bicyclic) bond motifs is 1. The van der Waals surface area contributed by atoms with Crippen molar-refractivity contribution in [3.63, 3.8) is 0 Å². The van der Waals surface area contributed by atoms with Crippen molar-refractivity contribution in [2.45, 2.75) is 38.8 Å². The maximum atomic E-state index is 11.9. The fourth-order valence-corrected chi connectivity index (χ4v) is 4.75. The molecule has 0 fully saturated rings. The summed E-state index contributed by atoms with van der Waals surface area (Å²) in [5, 5.41) is 3.11. The molecule has 1 aliphatic heterocycles. The van der Waals surface area contributed by atoms with Crippen LogP contribution in [-0.4, -0.2) is 23.5 Å². The largest absolute Gasteiger partial charge is 0.494 e. The highest BCUT2D eigenvalue weighted by molar-refractivity contribution is 7.13. The molecule has 29 heavy (non-hydrogen) atoms. The van der Waals surface area contributed by atoms with Crippen molar-refractivity contribution < 1.29 is 9.53 Å². The van der Waals surface area contributed by atoms with E-state index in [0.29, 0.717) is 13.2 Å². The Labute approximate surface area is 175 Å². The third kappa shape index (κ3) is 3.98. The number of benzene rings is 2. The van der Waals surface area contributed by atoms with E-state index in [4.69, 9.17) is 15.5 Å². The third-order valence-corrected chi connectivity index (χ3v) is 6.31. The molecule has 0 spiro atoms. The number of para-hydroxylation sites is 1. The molecule has 4 rings (SSSR count). The van der Waals surface area contributed by atoms with Crippen LogP contribution in [0.2, 0.25) is 0 Å². The highest BCUT2D eigenvalue weighted by atomic mass is 32.1. The Morgan fingerprint density at radius 2 is 2.00 bits per heavy atom. The number of carbonyl (C=O) groups is 1. The smallest absolute Gasteiger partial charge is 0.225 e. The van der Waals surface area contributed by atoms with Crippen LogP contribution in [-0.2, 0) is 11.3 Å². The maximum Gasteiger partial charge on any atom is 0.225 e. The van der Waals surface area contributed by atoms with Crippen molar-refractivity contribution >= 4 is 22.9 Å². The first kappa shape index (κ1) is 19.5. The number of hydrogen-bond donors (Lipinski definition) is 1. The van der Waals surface area contributed by atoms with Gasteiger partial charge in [-0.25, -0.2) is 4.98 Å². The molecule has 0 unspecified atom stereocenters. The number of hydrogen-bond acceptors (Lipinski definition) is 5. The second kappa shape index (κ2) is 8.25. The van der Waals surface area contributed by atoms with Crippen LogP contribution in [0, 0.1) is 0 Å². The molecule has 3 aromatic rings. The van der Waals surface area contributed by atoms with Gasteiger partial charge in [0.2, 0.25) is 5.91 Å². The molecule has 2 aromatic carbocycles. The van der Waals surface area contributed by atoms with Crippen LogP contribution >= 0.6 is 11.3 Å². The van der Waals surface area contributed by atoms with Gasteiger partial charge >= 0.3 is 0 Å². The van der Waals surface area contributed by atoms with Crippen LogP contribution in [0.1, 0.15) is 37.4 Å². The Kier molecular flexibility index (Phi) is 5.53. The Hall–Kier alpha value is -2.86. The van der Waals surface area contributed by atoms with E-state index in [1.54, 1.807) is 11.3 Å². The SMILES string of the molecule is CCOc1ccc(-c2nc(CN3c4ccccc4[C@@H](C(N)=O)C[C@@H]3C)cs2)cc1. The van der Waals surface area contributed by atoms with Crippen LogP contribution in [0.5, 0.6) is 5.75 Å². The highest BCUT2D eigenvalue weighted by Crippen LogP contribution is 2.39. The fraction of sp³-hybridized carbons (Fsp3) is 0.304. The summed E-state index contributed by atoms with van der Waals surface area (Å²) in [6.07, 6.45) is 0.724. The summed E-state index contributed by atoms with van der Waals surface area (Å²) in [5.41, 5.74) is 9.87. The van der Waals surface area contributed by atoms with Crippen LogP contribution in [0.3, 0.4) is 0 Å². The fourth-order valence-electron chi connectivity index (χ4n) is 3.93. The Balaban J connectivity index is 1.56. The molecule has 0 aliphatic carbocycles. The lowest BCUT2D eigenvalue weighted by atomic mass is 9.85. The second-order valence-electron chi connectivity index (χ2n) is 7.33. The molecular weight excluding hydrogens is 382 g/mol. The molecule has 0 radical (unpaired) electrons. The van der Waals surface area contributed by atoms with Crippen molar-refractivity contribution in [3.8, 4) is 16.3 Å². The predicted octanol–water partition coefficient (Wildman–Crippen LogP) is 4.58. The van der Waals surface area contributed by atoms with Crippen molar-refractivity contribution in [2.75, 3.05) is 11.5 Å². The molecule has 1 aromatic heterocycles. The molecule has 2 heterocycles. The lowest BCUT2D eigenvalue weighted by molar-refractivity contribution is -0.119. The third-order valence-electron chi connectivity index (χ3n) is 5.37. The van der Waals surface area contributed by atoms with E-state index < -0.39 is 0 Å². The number of thiazole rings is 1. The number of ether oxygens (including phenoxy) is 1. The number of primary amides is 1. The number of aromatic nitrogens is 1. The minimum Gasteiger partial charge on any atom is -0.494 e. The van der Waals surface area contributed by atoms with E-state index in [1.807, 2.05) is 49.4 Å². The molecule has 150 valence electrons. The number of anilines is 1. The van der Waals surface area contributed by atoms with Crippen LogP contribution in [0.4, 0.5) is 5.69 Å². The van der Waals surface area contributed by atoms with Gasteiger partial charge in [0.25, 0.3) is 0 Å². The van der Waals surface area contributed by atoms with Crippen molar-refractivity contribution in [3.05, 3.63) is 65.2 Å². The molecule has 0 saturated carbocycles. The summed E-state index contributed by atoms with van der Waals surface area (Å²) in [5.74, 6) is 0.387. The number of nitrogens with zero attached hydrogens (tertiary/aromatic N) is 2. The van der Waals surface area contributed by atoms with Crippen molar-refractivity contribution in [1.29, 1.82) is 0 Å². The number of nitrogens with two attached hydrogens (primary N) is 1. The normalized spacial score (nSPS) is 18.3. The molecule has 5 nitrogen and oxygen atoms in total. The topological polar surface area (TPSA) is 68.4 Å². The lowest BCUT2D eigenvalue weighted by Crippen LogP contribution is -2.41. The first-order chi connectivity index (χ1) is 14.1. The molecular formula is C23H25N3O2S. The molecule has 2 atom stereocenters. The van der Waals surface area contributed by atoms with Gasteiger partial charge in [-0.3, -0.25) is 4.79 Å². The molecule has 2 N–H and O–H groups in total. The van der Waals surface area contributed by atoms with E-state index in [2.05, 4.69) is 23.3 Å². The van der Waals surface area contributed by atoms with Crippen LogP contribution in [0.15, 0.2) is 53.9 Å². The summed E-state index contributed by atoms with van der Waals surface area (Å²) in [6, 6.07) is 16.3. The summed E-state index contributed by atoms with van der Waals surface area (Å²) in [7, 11) is 0. The van der Waals surface area contributed by atoms with E-state index in [9.17, 15) is 4.79 Å². The minimum atomic E-state index is -0.254. The van der Waals surface area contributed by atoms with Gasteiger partial charge in [0.15, 0.2) is 0 Å². The van der Waals surface area contributed by atoms with E-state index in [0.717, 1.165) is 39.7 Å². The summed E-state index contributed by atoms with van der Waals surface area (Å²) >= 11 is 1.65. The zero-order chi connectivity index (χ0) is 20.4. The number of rotatable bonds is 6. The van der Waals surface area contributed by atoms with Gasteiger partial charge in [0, 0.05) is 22.7 Å². The number of amides is 1. The zero-order valence-electron chi connectivity index (χ0n) is 16.7.